The van der Waals surface area contributed by atoms with Crippen molar-refractivity contribution in [3.63, 3.8) is 0 Å². The van der Waals surface area contributed by atoms with Gasteiger partial charge >= 0.3 is 0 Å². The highest BCUT2D eigenvalue weighted by molar-refractivity contribution is 7.80. The highest BCUT2D eigenvalue weighted by atomic mass is 32.1. The summed E-state index contributed by atoms with van der Waals surface area (Å²) in [5, 5.41) is 22.9. The highest BCUT2D eigenvalue weighted by Crippen LogP contribution is 2.07. The first-order chi connectivity index (χ1) is 12.7. The Morgan fingerprint density at radius 1 is 0.714 bits per heavy atom. The van der Waals surface area contributed by atoms with Crippen molar-refractivity contribution in [2.45, 2.75) is 76.2 Å². The van der Waals surface area contributed by atoms with E-state index in [2.05, 4.69) is 77.4 Å². The molecule has 0 amide bonds. The average Bonchev–Trinajstić information content (AvgIpc) is 2.52. The van der Waals surface area contributed by atoms with Gasteiger partial charge < -0.3 is 26.8 Å². The number of aromatic hydroxyl groups is 1. The molecule has 7 N–H and O–H groups in total. The van der Waals surface area contributed by atoms with E-state index >= 15 is 0 Å². The monoisotopic (exact) mass is 438 g/mol. The van der Waals surface area contributed by atoms with Crippen molar-refractivity contribution >= 4 is 34.8 Å². The van der Waals surface area contributed by atoms with Crippen molar-refractivity contribution in [3.05, 3.63) is 29.8 Å². The van der Waals surface area contributed by atoms with E-state index in [4.69, 9.17) is 15.3 Å². The van der Waals surface area contributed by atoms with Crippen LogP contribution in [0.3, 0.4) is 0 Å². The lowest BCUT2D eigenvalue weighted by atomic mass is 10.2. The quantitative estimate of drug-likeness (QED) is 0.288. The summed E-state index contributed by atoms with van der Waals surface area (Å²) in [6, 6.07) is 7.09. The minimum absolute atomic E-state index is 0.329. The van der Waals surface area contributed by atoms with Gasteiger partial charge in [-0.2, -0.15) is 0 Å². The highest BCUT2D eigenvalue weighted by Gasteiger charge is 1.82. The van der Waals surface area contributed by atoms with Gasteiger partial charge in [-0.05, 0) is 55.3 Å². The molecule has 5 nitrogen and oxygen atoms in total. The Kier molecular flexibility index (Phi) is 53.1. The first-order valence-electron chi connectivity index (χ1n) is 9.44. The molecule has 0 spiro atoms. The standard InChI is InChI=1S/C7H8O.2C4H10.2C2H6.2CH3NOS/c1-6-2-4-7(8)5-3-6;2*1-4(2)3;2*1-2;2*2-1(3)4/h2-5,8H,1H3;2*4H,1-3H3;2*1-2H3;2*(H3,2,3,4). The van der Waals surface area contributed by atoms with Crippen LogP contribution >= 0.6 is 24.4 Å². The molecule has 7 heteroatoms. The second-order valence-electron chi connectivity index (χ2n) is 5.98. The van der Waals surface area contributed by atoms with Crippen LogP contribution in [0, 0.1) is 18.8 Å². The zero-order valence-electron chi connectivity index (χ0n) is 19.8. The molecule has 0 radical (unpaired) electrons. The van der Waals surface area contributed by atoms with E-state index < -0.39 is 10.3 Å². The lowest BCUT2D eigenvalue weighted by Gasteiger charge is -1.89. The van der Waals surface area contributed by atoms with Gasteiger partial charge in [-0.3, -0.25) is 0 Å². The van der Waals surface area contributed by atoms with Crippen LogP contribution in [0.1, 0.15) is 74.8 Å². The number of phenolic OH excluding ortho intramolecular Hbond substituents is 1. The summed E-state index contributed by atoms with van der Waals surface area (Å²) in [7, 11) is 0. The summed E-state index contributed by atoms with van der Waals surface area (Å²) in [6.07, 6.45) is 0. The molecule has 0 saturated carbocycles. The third-order valence-corrected chi connectivity index (χ3v) is 1.03. The van der Waals surface area contributed by atoms with E-state index in [1.54, 1.807) is 12.1 Å². The molecular weight excluding hydrogens is 392 g/mol. The zero-order chi connectivity index (χ0) is 24.3. The smallest absolute Gasteiger partial charge is 0.251 e. The lowest BCUT2D eigenvalue weighted by Crippen LogP contribution is -2.03. The maximum absolute atomic E-state index is 8.76. The van der Waals surface area contributed by atoms with Gasteiger partial charge in [-0.25, -0.2) is 0 Å². The molecule has 0 heterocycles. The molecular formula is C21H46N2O3S2. The van der Waals surface area contributed by atoms with Crippen LogP contribution < -0.4 is 11.5 Å². The molecule has 0 unspecified atom stereocenters. The SMILES string of the molecule is CC.CC.CC(C)C.CC(C)C.Cc1ccc(O)cc1.NC(O)=S.NC(O)=S. The van der Waals surface area contributed by atoms with Crippen molar-refractivity contribution in [1.29, 1.82) is 0 Å². The Labute approximate surface area is 185 Å². The van der Waals surface area contributed by atoms with Crippen LogP contribution in [0.25, 0.3) is 0 Å². The van der Waals surface area contributed by atoms with Gasteiger partial charge in [0.1, 0.15) is 5.75 Å². The van der Waals surface area contributed by atoms with Gasteiger partial charge in [0.15, 0.2) is 0 Å². The molecule has 0 atom stereocenters. The predicted molar refractivity (Wildman–Crippen MR) is 135 cm³/mol. The Bertz CT molecular complexity index is 358. The Balaban J connectivity index is -0.0000000537. The number of nitrogens with two attached hydrogens (primary N) is 2. The summed E-state index contributed by atoms with van der Waals surface area (Å²) in [5.74, 6) is 2.00. The number of aryl methyl sites for hydroxylation is 1. The number of phenols is 1. The third-order valence-electron chi connectivity index (χ3n) is 1.03. The fraction of sp³-hybridized carbons (Fsp3) is 0.619. The Morgan fingerprint density at radius 3 is 0.964 bits per heavy atom. The van der Waals surface area contributed by atoms with Crippen LogP contribution in [0.15, 0.2) is 24.3 Å². The van der Waals surface area contributed by atoms with Gasteiger partial charge in [0.05, 0.1) is 0 Å². The van der Waals surface area contributed by atoms with E-state index in [0.29, 0.717) is 5.75 Å². The van der Waals surface area contributed by atoms with E-state index in [1.807, 2.05) is 46.8 Å². The molecule has 0 fully saturated rings. The summed E-state index contributed by atoms with van der Waals surface area (Å²) >= 11 is 7.74. The van der Waals surface area contributed by atoms with Crippen molar-refractivity contribution in [1.82, 2.24) is 0 Å². The second kappa shape index (κ2) is 36.3. The largest absolute Gasteiger partial charge is 0.508 e. The second-order valence-corrected chi connectivity index (χ2v) is 6.81. The number of hydrogen-bond acceptors (Lipinski definition) is 3. The van der Waals surface area contributed by atoms with Gasteiger partial charge in [0, 0.05) is 0 Å². The Hall–Kier alpha value is -1.60. The third kappa shape index (κ3) is 189. The van der Waals surface area contributed by atoms with Crippen LogP contribution in [0.2, 0.25) is 0 Å². The number of benzene rings is 1. The summed E-state index contributed by atoms with van der Waals surface area (Å²) in [6.45, 7) is 23.0. The molecule has 0 aliphatic carbocycles. The fourth-order valence-corrected chi connectivity index (χ4v) is 0.545. The molecule has 28 heavy (non-hydrogen) atoms. The molecule has 1 aromatic rings. The normalized spacial score (nSPS) is 7.32. The van der Waals surface area contributed by atoms with Crippen molar-refractivity contribution in [3.8, 4) is 5.75 Å². The van der Waals surface area contributed by atoms with Crippen LogP contribution in [0.5, 0.6) is 5.75 Å². The fourth-order valence-electron chi connectivity index (χ4n) is 0.545. The van der Waals surface area contributed by atoms with E-state index in [9.17, 15) is 0 Å². The number of aliphatic hydroxyl groups excluding tert-OH is 2. The molecule has 170 valence electrons. The first-order valence-corrected chi connectivity index (χ1v) is 10.3. The Morgan fingerprint density at radius 2 is 0.857 bits per heavy atom. The molecule has 1 rings (SSSR count). The van der Waals surface area contributed by atoms with E-state index in [0.717, 1.165) is 11.8 Å². The molecule has 0 bridgehead atoms. The molecule has 0 aliphatic heterocycles. The maximum atomic E-state index is 8.76. The molecule has 0 aliphatic rings. The first kappa shape index (κ1) is 40.9. The van der Waals surface area contributed by atoms with Crippen LogP contribution in [-0.4, -0.2) is 25.7 Å². The van der Waals surface area contributed by atoms with Gasteiger partial charge in [0.25, 0.3) is 10.3 Å². The van der Waals surface area contributed by atoms with Crippen molar-refractivity contribution < 1.29 is 15.3 Å². The molecule has 1 aromatic carbocycles. The number of rotatable bonds is 0. The maximum Gasteiger partial charge on any atom is 0.251 e. The van der Waals surface area contributed by atoms with Crippen molar-refractivity contribution in [2.75, 3.05) is 0 Å². The van der Waals surface area contributed by atoms with Crippen LogP contribution in [0.4, 0.5) is 0 Å². The lowest BCUT2D eigenvalue weighted by molar-refractivity contribution is 0.475. The number of thiocarbonyl (C=S) groups is 2. The van der Waals surface area contributed by atoms with E-state index in [-0.39, 0.29) is 0 Å². The minimum Gasteiger partial charge on any atom is -0.508 e. The summed E-state index contributed by atoms with van der Waals surface area (Å²) < 4.78 is 0. The minimum atomic E-state index is -0.500. The van der Waals surface area contributed by atoms with Crippen LogP contribution in [-0.2, 0) is 0 Å². The summed E-state index contributed by atoms with van der Waals surface area (Å²) in [5.41, 5.74) is 9.97. The summed E-state index contributed by atoms with van der Waals surface area (Å²) in [4.78, 5) is 0. The predicted octanol–water partition coefficient (Wildman–Crippen LogP) is 6.65. The molecule has 0 saturated heterocycles. The topological polar surface area (TPSA) is 113 Å². The number of aliphatic hydroxyl groups is 2. The van der Waals surface area contributed by atoms with Gasteiger partial charge in [-0.15, -0.1) is 0 Å². The number of hydrogen-bond donors (Lipinski definition) is 5. The average molecular weight is 439 g/mol. The van der Waals surface area contributed by atoms with Gasteiger partial charge in [0.2, 0.25) is 0 Å². The molecule has 0 aromatic heterocycles. The van der Waals surface area contributed by atoms with E-state index in [1.165, 1.54) is 5.56 Å². The van der Waals surface area contributed by atoms with Crippen molar-refractivity contribution in [2.24, 2.45) is 23.3 Å². The van der Waals surface area contributed by atoms with Gasteiger partial charge in [-0.1, -0.05) is 86.9 Å². The zero-order valence-corrected chi connectivity index (χ0v) is 21.4.